The fraction of sp³-hybridized carbons (Fsp3) is 0. The lowest BCUT2D eigenvalue weighted by Crippen LogP contribution is -2.12. The highest BCUT2D eigenvalue weighted by Crippen LogP contribution is 2.30. The van der Waals surface area contributed by atoms with Crippen LogP contribution in [0, 0.1) is 0 Å². The molecule has 0 heterocycles. The van der Waals surface area contributed by atoms with Gasteiger partial charge in [0.15, 0.2) is 0 Å². The molecule has 0 aliphatic carbocycles. The molecule has 0 aliphatic rings. The quantitative estimate of drug-likeness (QED) is 0.846. The first-order valence-electron chi connectivity index (χ1n) is 3.47. The number of hydrogen-bond acceptors (Lipinski definition) is 3. The molecule has 2 N–H and O–H groups in total. The van der Waals surface area contributed by atoms with E-state index in [1.54, 1.807) is 0 Å². The second-order valence-corrected chi connectivity index (χ2v) is 5.92. The van der Waals surface area contributed by atoms with Gasteiger partial charge in [0.05, 0.1) is 20.5 Å². The molecule has 0 saturated heterocycles. The van der Waals surface area contributed by atoms with Crippen molar-refractivity contribution in [2.45, 2.75) is 4.90 Å². The molecule has 0 atom stereocenters. The maximum Gasteiger partial charge on any atom is 0.261 e. The zero-order valence-electron chi connectivity index (χ0n) is 7.00. The van der Waals surface area contributed by atoms with Crippen LogP contribution in [0.15, 0.2) is 17.0 Å². The lowest BCUT2D eigenvalue weighted by atomic mass is 10.2. The van der Waals surface area contributed by atoms with Crippen LogP contribution in [0.2, 0.25) is 10.0 Å². The van der Waals surface area contributed by atoms with Crippen LogP contribution in [0.5, 0.6) is 0 Å². The summed E-state index contributed by atoms with van der Waals surface area (Å²) in [6.45, 7) is 0. The smallest absolute Gasteiger partial charge is 0.261 e. The van der Waals surface area contributed by atoms with E-state index in [9.17, 15) is 13.2 Å². The lowest BCUT2D eigenvalue weighted by Gasteiger charge is -2.04. The van der Waals surface area contributed by atoms with Gasteiger partial charge in [-0.15, -0.1) is 0 Å². The lowest BCUT2D eigenvalue weighted by molar-refractivity contribution is 0.1000. The minimum Gasteiger partial charge on any atom is -0.366 e. The van der Waals surface area contributed by atoms with E-state index in [-0.39, 0.29) is 20.5 Å². The predicted octanol–water partition coefficient (Wildman–Crippen LogP) is 2.02. The largest absolute Gasteiger partial charge is 0.366 e. The first kappa shape index (κ1) is 12.6. The number of carbonyl (C=O) groups is 1. The summed E-state index contributed by atoms with van der Waals surface area (Å²) in [6.07, 6.45) is 0. The average molecular weight is 289 g/mol. The maximum absolute atomic E-state index is 11.0. The number of benzene rings is 1. The van der Waals surface area contributed by atoms with Crippen LogP contribution in [0.3, 0.4) is 0 Å². The van der Waals surface area contributed by atoms with E-state index < -0.39 is 15.0 Å². The third-order valence-corrected chi connectivity index (χ3v) is 3.68. The van der Waals surface area contributed by atoms with E-state index in [2.05, 4.69) is 0 Å². The van der Waals surface area contributed by atoms with Crippen molar-refractivity contribution >= 4 is 48.8 Å². The topological polar surface area (TPSA) is 77.2 Å². The summed E-state index contributed by atoms with van der Waals surface area (Å²) < 4.78 is 22.0. The molecule has 0 radical (unpaired) electrons. The van der Waals surface area contributed by atoms with E-state index in [0.717, 1.165) is 12.1 Å². The van der Waals surface area contributed by atoms with Crippen molar-refractivity contribution in [3.63, 3.8) is 0 Å². The number of primary amides is 1. The van der Waals surface area contributed by atoms with Gasteiger partial charge in [-0.3, -0.25) is 4.79 Å². The van der Waals surface area contributed by atoms with Crippen molar-refractivity contribution in [1.29, 1.82) is 0 Å². The van der Waals surface area contributed by atoms with Gasteiger partial charge in [-0.05, 0) is 12.1 Å². The number of hydrogen-bond donors (Lipinski definition) is 1. The van der Waals surface area contributed by atoms with Crippen LogP contribution in [0.25, 0.3) is 0 Å². The molecule has 15 heavy (non-hydrogen) atoms. The van der Waals surface area contributed by atoms with Crippen molar-refractivity contribution < 1.29 is 13.2 Å². The van der Waals surface area contributed by atoms with Gasteiger partial charge in [-0.1, -0.05) is 23.2 Å². The van der Waals surface area contributed by atoms with Crippen LogP contribution in [-0.2, 0) is 9.05 Å². The van der Waals surface area contributed by atoms with Gasteiger partial charge in [0.25, 0.3) is 9.05 Å². The van der Waals surface area contributed by atoms with Gasteiger partial charge in [-0.2, -0.15) is 0 Å². The summed E-state index contributed by atoms with van der Waals surface area (Å²) in [5.74, 6) is -0.885. The Morgan fingerprint density at radius 1 is 1.27 bits per heavy atom. The molecule has 0 unspecified atom stereocenters. The van der Waals surface area contributed by atoms with Crippen LogP contribution < -0.4 is 5.73 Å². The predicted molar refractivity (Wildman–Crippen MR) is 58.0 cm³/mol. The molecular weight excluding hydrogens is 285 g/mol. The molecule has 1 amide bonds. The van der Waals surface area contributed by atoms with Gasteiger partial charge in [-0.25, -0.2) is 8.42 Å². The summed E-state index contributed by atoms with van der Waals surface area (Å²) in [7, 11) is 1.10. The monoisotopic (exact) mass is 287 g/mol. The van der Waals surface area contributed by atoms with Gasteiger partial charge < -0.3 is 5.73 Å². The van der Waals surface area contributed by atoms with Crippen molar-refractivity contribution in [2.24, 2.45) is 5.73 Å². The first-order valence-corrected chi connectivity index (χ1v) is 6.53. The zero-order valence-corrected chi connectivity index (χ0v) is 10.1. The van der Waals surface area contributed by atoms with E-state index in [4.69, 9.17) is 39.6 Å². The fourth-order valence-corrected chi connectivity index (χ4v) is 2.16. The summed E-state index contributed by atoms with van der Waals surface area (Å²) in [5, 5.41) is -0.208. The van der Waals surface area contributed by atoms with Crippen molar-refractivity contribution in [3.05, 3.63) is 27.7 Å². The van der Waals surface area contributed by atoms with Crippen molar-refractivity contribution in [1.82, 2.24) is 0 Å². The zero-order chi connectivity index (χ0) is 11.8. The number of halogens is 3. The fourth-order valence-electron chi connectivity index (χ4n) is 0.884. The van der Waals surface area contributed by atoms with Crippen molar-refractivity contribution in [2.75, 3.05) is 0 Å². The molecule has 0 spiro atoms. The normalized spacial score (nSPS) is 11.4. The molecule has 4 nitrogen and oxygen atoms in total. The number of rotatable bonds is 2. The van der Waals surface area contributed by atoms with Gasteiger partial charge in [0, 0.05) is 10.7 Å². The van der Waals surface area contributed by atoms with Crippen LogP contribution in [-0.4, -0.2) is 14.3 Å². The SMILES string of the molecule is NC(=O)c1cc(S(=O)(=O)Cl)cc(Cl)c1Cl. The number of carbonyl (C=O) groups excluding carboxylic acids is 1. The Balaban J connectivity index is 3.57. The second kappa shape index (κ2) is 4.17. The summed E-state index contributed by atoms with van der Waals surface area (Å²) in [6, 6.07) is 2.01. The molecule has 1 aromatic carbocycles. The number of nitrogens with two attached hydrogens (primary N) is 1. The van der Waals surface area contributed by atoms with Crippen LogP contribution >= 0.6 is 33.9 Å². The Morgan fingerprint density at radius 3 is 2.20 bits per heavy atom. The second-order valence-electron chi connectivity index (χ2n) is 2.57. The minimum atomic E-state index is -3.98. The minimum absolute atomic E-state index is 0.103. The Labute approximate surface area is 100 Å². The van der Waals surface area contributed by atoms with Crippen molar-refractivity contribution in [3.8, 4) is 0 Å². The highest BCUT2D eigenvalue weighted by Gasteiger charge is 2.18. The third kappa shape index (κ3) is 2.75. The third-order valence-electron chi connectivity index (χ3n) is 1.55. The molecule has 1 aromatic rings. The molecule has 0 aliphatic heterocycles. The first-order chi connectivity index (χ1) is 6.73. The Bertz CT molecular complexity index is 527. The van der Waals surface area contributed by atoms with E-state index in [1.165, 1.54) is 0 Å². The van der Waals surface area contributed by atoms with Crippen LogP contribution in [0.1, 0.15) is 10.4 Å². The average Bonchev–Trinajstić information content (AvgIpc) is 2.06. The number of amides is 1. The van der Waals surface area contributed by atoms with E-state index in [0.29, 0.717) is 0 Å². The molecule has 82 valence electrons. The van der Waals surface area contributed by atoms with E-state index in [1.807, 2.05) is 0 Å². The van der Waals surface area contributed by atoms with E-state index >= 15 is 0 Å². The maximum atomic E-state index is 11.0. The molecule has 0 saturated carbocycles. The molecule has 0 bridgehead atoms. The van der Waals surface area contributed by atoms with Crippen LogP contribution in [0.4, 0.5) is 0 Å². The standard InChI is InChI=1S/C7H4Cl3NO3S/c8-5-2-3(15(10,13)14)1-4(6(5)9)7(11)12/h1-2H,(H2,11,12). The Hall–Kier alpha value is -0.490. The molecule has 0 aromatic heterocycles. The Kier molecular flexibility index (Phi) is 3.50. The summed E-state index contributed by atoms with van der Waals surface area (Å²) >= 11 is 11.2. The highest BCUT2D eigenvalue weighted by atomic mass is 35.7. The molecule has 0 fully saturated rings. The van der Waals surface area contributed by atoms with Gasteiger partial charge >= 0.3 is 0 Å². The van der Waals surface area contributed by atoms with Gasteiger partial charge in [0.2, 0.25) is 5.91 Å². The molecule has 8 heteroatoms. The highest BCUT2D eigenvalue weighted by molar-refractivity contribution is 8.13. The summed E-state index contributed by atoms with van der Waals surface area (Å²) in [4.78, 5) is 10.6. The Morgan fingerprint density at radius 2 is 1.80 bits per heavy atom. The summed E-state index contributed by atoms with van der Waals surface area (Å²) in [5.41, 5.74) is 4.78. The molecular formula is C7H4Cl3NO3S. The van der Waals surface area contributed by atoms with Gasteiger partial charge in [0.1, 0.15) is 0 Å². The molecule has 1 rings (SSSR count).